The summed E-state index contributed by atoms with van der Waals surface area (Å²) in [4.78, 5) is 7.35. The van der Waals surface area contributed by atoms with E-state index in [1.807, 2.05) is 0 Å². The monoisotopic (exact) mass is 689 g/mol. The van der Waals surface area contributed by atoms with Gasteiger partial charge in [0.25, 0.3) is 6.71 Å². The van der Waals surface area contributed by atoms with Crippen molar-refractivity contribution in [3.63, 3.8) is 0 Å². The van der Waals surface area contributed by atoms with Gasteiger partial charge in [-0.25, -0.2) is 0 Å². The molecule has 8 aromatic rings. The Hall–Kier alpha value is -6.98. The average Bonchev–Trinajstić information content (AvgIpc) is 3.24. The summed E-state index contributed by atoms with van der Waals surface area (Å²) in [6, 6.07) is 61.7. The second kappa shape index (κ2) is 11.3. The molecule has 252 valence electrons. The van der Waals surface area contributed by atoms with E-state index in [1.165, 1.54) is 44.0 Å². The molecule has 3 heterocycles. The molecule has 0 amide bonds. The van der Waals surface area contributed by atoms with Gasteiger partial charge in [-0.1, -0.05) is 121 Å². The van der Waals surface area contributed by atoms with Crippen molar-refractivity contribution < 1.29 is 4.74 Å². The Morgan fingerprint density at radius 1 is 0.481 bits per heavy atom. The van der Waals surface area contributed by atoms with E-state index in [9.17, 15) is 0 Å². The summed E-state index contributed by atoms with van der Waals surface area (Å²) in [6.07, 6.45) is 5.47. The van der Waals surface area contributed by atoms with Gasteiger partial charge in [-0.15, -0.1) is 0 Å². The van der Waals surface area contributed by atoms with Crippen molar-refractivity contribution in [2.45, 2.75) is 6.42 Å². The molecule has 0 bridgehead atoms. The van der Waals surface area contributed by atoms with Gasteiger partial charge < -0.3 is 19.4 Å². The predicted molar refractivity (Wildman–Crippen MR) is 225 cm³/mol. The Morgan fingerprint density at radius 3 is 1.89 bits per heavy atom. The van der Waals surface area contributed by atoms with Gasteiger partial charge in [0.1, 0.15) is 0 Å². The van der Waals surface area contributed by atoms with Crippen LogP contribution in [-0.2, 0) is 6.42 Å². The fourth-order valence-corrected chi connectivity index (χ4v) is 9.44. The molecule has 12 rings (SSSR count). The molecule has 0 N–H and O–H groups in total. The largest absolute Gasteiger partial charge is 0.451 e. The number of nitrogens with zero attached hydrogens (tertiary/aromatic N) is 3. The molecule has 0 fully saturated rings. The maximum atomic E-state index is 7.27. The van der Waals surface area contributed by atoms with E-state index in [1.54, 1.807) is 0 Å². The third kappa shape index (κ3) is 4.04. The van der Waals surface area contributed by atoms with Gasteiger partial charge in [0, 0.05) is 33.8 Å². The van der Waals surface area contributed by atoms with Gasteiger partial charge in [0.15, 0.2) is 11.5 Å². The Balaban J connectivity index is 1.25. The zero-order chi connectivity index (χ0) is 35.3. The molecule has 54 heavy (non-hydrogen) atoms. The first kappa shape index (κ1) is 29.6. The van der Waals surface area contributed by atoms with E-state index in [0.717, 1.165) is 63.4 Å². The summed E-state index contributed by atoms with van der Waals surface area (Å²) < 4.78 is 7.27. The number of fused-ring (bicyclic) bond motifs is 7. The second-order valence-corrected chi connectivity index (χ2v) is 14.4. The van der Waals surface area contributed by atoms with E-state index < -0.39 is 0 Å². The molecular formula is C49H32BN3O. The number of allylic oxidation sites excluding steroid dienone is 1. The first-order valence-electron chi connectivity index (χ1n) is 18.7. The summed E-state index contributed by atoms with van der Waals surface area (Å²) in [5.74, 6) is 1.68. The van der Waals surface area contributed by atoms with Crippen molar-refractivity contribution in [1.29, 1.82) is 0 Å². The van der Waals surface area contributed by atoms with Crippen molar-refractivity contribution in [3.05, 3.63) is 187 Å². The Morgan fingerprint density at radius 2 is 1.13 bits per heavy atom. The number of rotatable bonds is 3. The lowest BCUT2D eigenvalue weighted by Gasteiger charge is -2.46. The molecule has 0 saturated heterocycles. The standard InChI is InChI=1S/C49H32BN3O/c1-3-18-34(19-4-1)51-40-25-9-7-23-37(40)50-38-24-8-10-26-41(38)52(35-20-5-2-6-21-35)48-47(50)43(51)31-44-49(48)54-45-28-12-11-27-42(45)53(44)39-30-29-33-16-13-15-32-17-14-22-36(39)46(32)33/h1-14,16-31H,15H2. The van der Waals surface area contributed by atoms with E-state index in [-0.39, 0.29) is 6.71 Å². The van der Waals surface area contributed by atoms with Crippen LogP contribution in [0.5, 0.6) is 11.5 Å². The highest BCUT2D eigenvalue weighted by molar-refractivity contribution is 7.00. The van der Waals surface area contributed by atoms with Crippen molar-refractivity contribution >= 4 is 91.1 Å². The molecule has 0 unspecified atom stereocenters. The van der Waals surface area contributed by atoms with Gasteiger partial charge in [0.05, 0.1) is 22.7 Å². The quantitative estimate of drug-likeness (QED) is 0.172. The normalized spacial score (nSPS) is 14.1. The highest BCUT2D eigenvalue weighted by Crippen LogP contribution is 2.59. The minimum absolute atomic E-state index is 0.00541. The van der Waals surface area contributed by atoms with Crippen molar-refractivity contribution in [2.75, 3.05) is 14.7 Å². The molecule has 8 aromatic carbocycles. The predicted octanol–water partition coefficient (Wildman–Crippen LogP) is 11.1. The van der Waals surface area contributed by atoms with Crippen LogP contribution >= 0.6 is 0 Å². The number of ether oxygens (including phenoxy) is 1. The maximum Gasteiger partial charge on any atom is 0.252 e. The van der Waals surface area contributed by atoms with Gasteiger partial charge >= 0.3 is 0 Å². The summed E-state index contributed by atoms with van der Waals surface area (Å²) in [7, 11) is 0. The lowest BCUT2D eigenvalue weighted by molar-refractivity contribution is 0.478. The maximum absolute atomic E-state index is 7.27. The van der Waals surface area contributed by atoms with Crippen LogP contribution in [0.1, 0.15) is 11.1 Å². The van der Waals surface area contributed by atoms with E-state index in [2.05, 4.69) is 197 Å². The third-order valence-electron chi connectivity index (χ3n) is 11.6. The molecule has 0 saturated carbocycles. The number of benzene rings is 8. The van der Waals surface area contributed by atoms with E-state index in [4.69, 9.17) is 4.74 Å². The third-order valence-corrected chi connectivity index (χ3v) is 11.6. The Kier molecular flexibility index (Phi) is 6.17. The van der Waals surface area contributed by atoms with Crippen LogP contribution in [0.25, 0.3) is 16.8 Å². The molecule has 0 spiro atoms. The fraction of sp³-hybridized carbons (Fsp3) is 0.0204. The van der Waals surface area contributed by atoms with E-state index in [0.29, 0.717) is 0 Å². The van der Waals surface area contributed by atoms with Gasteiger partial charge in [-0.3, -0.25) is 0 Å². The molecular weight excluding hydrogens is 657 g/mol. The zero-order valence-corrected chi connectivity index (χ0v) is 29.4. The van der Waals surface area contributed by atoms with Crippen LogP contribution in [-0.4, -0.2) is 6.71 Å². The van der Waals surface area contributed by atoms with Gasteiger partial charge in [-0.2, -0.15) is 0 Å². The molecule has 4 nitrogen and oxygen atoms in total. The number of hydrogen-bond acceptors (Lipinski definition) is 4. The van der Waals surface area contributed by atoms with Crippen molar-refractivity contribution in [2.24, 2.45) is 0 Å². The average molecular weight is 690 g/mol. The number of anilines is 9. The van der Waals surface area contributed by atoms with Gasteiger partial charge in [-0.05, 0) is 100.0 Å². The Labute approximate surface area is 314 Å². The lowest BCUT2D eigenvalue weighted by Crippen LogP contribution is -2.61. The summed E-state index contributed by atoms with van der Waals surface area (Å²) >= 11 is 0. The van der Waals surface area contributed by atoms with Crippen LogP contribution in [0, 0.1) is 0 Å². The highest BCUT2D eigenvalue weighted by Gasteiger charge is 2.47. The molecule has 0 aromatic heterocycles. The summed E-state index contributed by atoms with van der Waals surface area (Å²) in [5.41, 5.74) is 16.3. The molecule has 0 atom stereocenters. The summed E-state index contributed by atoms with van der Waals surface area (Å²) in [6.45, 7) is -0.00541. The van der Waals surface area contributed by atoms with Crippen LogP contribution < -0.4 is 35.8 Å². The van der Waals surface area contributed by atoms with Crippen LogP contribution in [0.2, 0.25) is 0 Å². The lowest BCUT2D eigenvalue weighted by atomic mass is 9.33. The summed E-state index contributed by atoms with van der Waals surface area (Å²) in [5, 5.41) is 2.55. The van der Waals surface area contributed by atoms with Crippen LogP contribution in [0.15, 0.2) is 176 Å². The minimum atomic E-state index is -0.00541. The zero-order valence-electron chi connectivity index (χ0n) is 29.4. The smallest absolute Gasteiger partial charge is 0.252 e. The van der Waals surface area contributed by atoms with E-state index >= 15 is 0 Å². The SMILES string of the molecule is C1=Cc2ccc(N3c4ccccc4Oc4c3cc3c5c4N(c4ccccc4)c4ccccc4B5c4ccccc4N3c3ccccc3)c3cccc(c23)C1. The molecule has 4 aliphatic rings. The molecule has 3 aliphatic heterocycles. The van der Waals surface area contributed by atoms with Crippen LogP contribution in [0.3, 0.4) is 0 Å². The molecule has 1 aliphatic carbocycles. The first-order chi connectivity index (χ1) is 26.8. The number of para-hydroxylation sites is 6. The first-order valence-corrected chi connectivity index (χ1v) is 18.7. The second-order valence-electron chi connectivity index (χ2n) is 14.4. The molecule has 0 radical (unpaired) electrons. The van der Waals surface area contributed by atoms with Gasteiger partial charge in [0.2, 0.25) is 0 Å². The van der Waals surface area contributed by atoms with Crippen LogP contribution in [0.4, 0.5) is 51.2 Å². The Bertz CT molecular complexity index is 2860. The number of hydrogen-bond donors (Lipinski definition) is 0. The highest BCUT2D eigenvalue weighted by atomic mass is 16.5. The molecule has 5 heteroatoms. The minimum Gasteiger partial charge on any atom is -0.451 e. The topological polar surface area (TPSA) is 19.0 Å². The van der Waals surface area contributed by atoms with Crippen molar-refractivity contribution in [3.8, 4) is 11.5 Å². The fourth-order valence-electron chi connectivity index (χ4n) is 9.44. The van der Waals surface area contributed by atoms with Crippen molar-refractivity contribution in [1.82, 2.24) is 0 Å².